The van der Waals surface area contributed by atoms with Gasteiger partial charge in [0.25, 0.3) is 0 Å². The number of aromatic nitrogens is 1. The van der Waals surface area contributed by atoms with Crippen molar-refractivity contribution >= 4 is 11.8 Å². The van der Waals surface area contributed by atoms with Crippen LogP contribution in [0.4, 0.5) is 0 Å². The summed E-state index contributed by atoms with van der Waals surface area (Å²) in [7, 11) is 0. The van der Waals surface area contributed by atoms with Crippen LogP contribution in [0.5, 0.6) is 0 Å². The second-order valence-electron chi connectivity index (χ2n) is 4.92. The molecule has 0 saturated carbocycles. The summed E-state index contributed by atoms with van der Waals surface area (Å²) in [6.07, 6.45) is 4.93. The molecule has 0 aliphatic heterocycles. The Morgan fingerprint density at radius 3 is 2.85 bits per heavy atom. The maximum atomic E-state index is 4.23. The lowest BCUT2D eigenvalue weighted by Gasteiger charge is -2.18. The monoisotopic (exact) mass is 286 g/mol. The molecule has 0 amide bonds. The van der Waals surface area contributed by atoms with Gasteiger partial charge >= 0.3 is 0 Å². The van der Waals surface area contributed by atoms with Crippen LogP contribution in [-0.2, 0) is 0 Å². The topological polar surface area (TPSA) is 24.9 Å². The molecule has 0 radical (unpaired) electrons. The van der Waals surface area contributed by atoms with Crippen LogP contribution in [0.3, 0.4) is 0 Å². The first kappa shape index (κ1) is 15.1. The molecule has 0 bridgehead atoms. The third-order valence-electron chi connectivity index (χ3n) is 3.13. The summed E-state index contributed by atoms with van der Waals surface area (Å²) in [5, 5.41) is 3.61. The maximum absolute atomic E-state index is 4.23. The Kier molecular flexibility index (Phi) is 6.09. The van der Waals surface area contributed by atoms with Gasteiger partial charge in [-0.3, -0.25) is 4.98 Å². The lowest BCUT2D eigenvalue weighted by Crippen LogP contribution is -2.24. The second-order valence-corrected chi connectivity index (χ2v) is 6.01. The van der Waals surface area contributed by atoms with E-state index in [0.717, 1.165) is 18.7 Å². The predicted octanol–water partition coefficient (Wildman–Crippen LogP) is 4.22. The lowest BCUT2D eigenvalue weighted by atomic mass is 10.1. The number of hydrogen-bond acceptors (Lipinski definition) is 3. The van der Waals surface area contributed by atoms with Crippen LogP contribution in [0.2, 0.25) is 0 Å². The Morgan fingerprint density at radius 2 is 2.15 bits per heavy atom. The fourth-order valence-corrected chi connectivity index (χ4v) is 3.17. The van der Waals surface area contributed by atoms with E-state index in [4.69, 9.17) is 0 Å². The molecular formula is C17H22N2S. The molecule has 1 aromatic heterocycles. The molecule has 20 heavy (non-hydrogen) atoms. The van der Waals surface area contributed by atoms with Crippen LogP contribution in [-0.4, -0.2) is 17.3 Å². The van der Waals surface area contributed by atoms with Crippen molar-refractivity contribution in [2.45, 2.75) is 31.2 Å². The van der Waals surface area contributed by atoms with Crippen molar-refractivity contribution in [1.82, 2.24) is 10.3 Å². The van der Waals surface area contributed by atoms with E-state index in [1.165, 1.54) is 16.0 Å². The first-order valence-corrected chi connectivity index (χ1v) is 8.11. The number of hydrogen-bond donors (Lipinski definition) is 1. The van der Waals surface area contributed by atoms with Gasteiger partial charge in [0.05, 0.1) is 0 Å². The van der Waals surface area contributed by atoms with Crippen LogP contribution in [0.15, 0.2) is 53.7 Å². The van der Waals surface area contributed by atoms with Gasteiger partial charge in [-0.25, -0.2) is 0 Å². The summed E-state index contributed by atoms with van der Waals surface area (Å²) in [4.78, 5) is 5.56. The predicted molar refractivity (Wildman–Crippen MR) is 87.2 cm³/mol. The van der Waals surface area contributed by atoms with E-state index in [9.17, 15) is 0 Å². The first-order valence-electron chi connectivity index (χ1n) is 7.12. The summed E-state index contributed by atoms with van der Waals surface area (Å²) < 4.78 is 0. The summed E-state index contributed by atoms with van der Waals surface area (Å²) in [6, 6.07) is 13.2. The number of nitrogens with one attached hydrogen (secondary N) is 1. The number of benzene rings is 1. The van der Waals surface area contributed by atoms with Gasteiger partial charge in [-0.05, 0) is 43.7 Å². The number of aryl methyl sites for hydroxylation is 1. The van der Waals surface area contributed by atoms with Crippen LogP contribution in [0, 0.1) is 6.92 Å². The number of pyridine rings is 1. The van der Waals surface area contributed by atoms with E-state index in [2.05, 4.69) is 54.5 Å². The number of thioether (sulfide) groups is 1. The lowest BCUT2D eigenvalue weighted by molar-refractivity contribution is 0.576. The van der Waals surface area contributed by atoms with Gasteiger partial charge in [-0.1, -0.05) is 30.7 Å². The molecule has 0 spiro atoms. The van der Waals surface area contributed by atoms with Crippen LogP contribution in [0.25, 0.3) is 0 Å². The van der Waals surface area contributed by atoms with Gasteiger partial charge in [0, 0.05) is 29.1 Å². The van der Waals surface area contributed by atoms with E-state index in [0.29, 0.717) is 6.04 Å². The molecule has 2 rings (SSSR count). The Labute approximate surface area is 126 Å². The minimum absolute atomic E-state index is 0.356. The molecule has 0 aliphatic carbocycles. The van der Waals surface area contributed by atoms with Crippen molar-refractivity contribution < 1.29 is 0 Å². The SMILES string of the molecule is CCCNC(CSc1cccc(C)c1)c1cccnc1. The molecule has 0 aliphatic rings. The van der Waals surface area contributed by atoms with Gasteiger partial charge in [0.1, 0.15) is 0 Å². The molecule has 0 fully saturated rings. The van der Waals surface area contributed by atoms with Crippen molar-refractivity contribution in [3.8, 4) is 0 Å². The van der Waals surface area contributed by atoms with Gasteiger partial charge < -0.3 is 5.32 Å². The zero-order valence-corrected chi connectivity index (χ0v) is 13.0. The molecule has 1 atom stereocenters. The van der Waals surface area contributed by atoms with E-state index >= 15 is 0 Å². The third kappa shape index (κ3) is 4.66. The van der Waals surface area contributed by atoms with Crippen molar-refractivity contribution in [3.05, 3.63) is 59.9 Å². The van der Waals surface area contributed by atoms with Gasteiger partial charge in [-0.15, -0.1) is 11.8 Å². The summed E-state index contributed by atoms with van der Waals surface area (Å²) in [5.74, 6) is 1.02. The van der Waals surface area contributed by atoms with Crippen molar-refractivity contribution in [3.63, 3.8) is 0 Å². The molecular weight excluding hydrogens is 264 g/mol. The highest BCUT2D eigenvalue weighted by Gasteiger charge is 2.11. The highest BCUT2D eigenvalue weighted by atomic mass is 32.2. The largest absolute Gasteiger partial charge is 0.309 e. The summed E-state index contributed by atoms with van der Waals surface area (Å²) in [6.45, 7) is 5.37. The molecule has 1 N–H and O–H groups in total. The van der Waals surface area contributed by atoms with E-state index in [-0.39, 0.29) is 0 Å². The molecule has 106 valence electrons. The van der Waals surface area contributed by atoms with E-state index < -0.39 is 0 Å². The molecule has 2 aromatic rings. The Bertz CT molecular complexity index is 513. The number of rotatable bonds is 7. The summed E-state index contributed by atoms with van der Waals surface area (Å²) >= 11 is 1.90. The Morgan fingerprint density at radius 1 is 1.25 bits per heavy atom. The Balaban J connectivity index is 2.01. The molecule has 0 saturated heterocycles. The first-order chi connectivity index (χ1) is 9.79. The smallest absolute Gasteiger partial charge is 0.0430 e. The quantitative estimate of drug-likeness (QED) is 0.771. The highest BCUT2D eigenvalue weighted by molar-refractivity contribution is 7.99. The third-order valence-corrected chi connectivity index (χ3v) is 4.22. The highest BCUT2D eigenvalue weighted by Crippen LogP contribution is 2.25. The molecule has 2 nitrogen and oxygen atoms in total. The molecule has 1 aromatic carbocycles. The molecule has 3 heteroatoms. The molecule has 1 unspecified atom stereocenters. The average Bonchev–Trinajstić information content (AvgIpc) is 2.48. The zero-order chi connectivity index (χ0) is 14.2. The fraction of sp³-hybridized carbons (Fsp3) is 0.353. The van der Waals surface area contributed by atoms with Crippen LogP contribution < -0.4 is 5.32 Å². The second kappa shape index (κ2) is 8.08. The van der Waals surface area contributed by atoms with Gasteiger partial charge in [-0.2, -0.15) is 0 Å². The average molecular weight is 286 g/mol. The van der Waals surface area contributed by atoms with E-state index in [1.54, 1.807) is 0 Å². The fourth-order valence-electron chi connectivity index (χ4n) is 2.06. The zero-order valence-electron chi connectivity index (χ0n) is 12.2. The van der Waals surface area contributed by atoms with Crippen molar-refractivity contribution in [1.29, 1.82) is 0 Å². The van der Waals surface area contributed by atoms with Crippen molar-refractivity contribution in [2.75, 3.05) is 12.3 Å². The number of nitrogens with zero attached hydrogens (tertiary/aromatic N) is 1. The van der Waals surface area contributed by atoms with Crippen LogP contribution in [0.1, 0.15) is 30.5 Å². The Hall–Kier alpha value is -1.32. The van der Waals surface area contributed by atoms with Crippen LogP contribution >= 0.6 is 11.8 Å². The van der Waals surface area contributed by atoms with Gasteiger partial charge in [0.2, 0.25) is 0 Å². The minimum atomic E-state index is 0.356. The van der Waals surface area contributed by atoms with Crippen molar-refractivity contribution in [2.24, 2.45) is 0 Å². The standard InChI is InChI=1S/C17H22N2S/c1-3-9-19-17(15-7-5-10-18-12-15)13-20-16-8-4-6-14(2)11-16/h4-8,10-12,17,19H,3,9,13H2,1-2H3. The maximum Gasteiger partial charge on any atom is 0.0430 e. The summed E-state index contributed by atoms with van der Waals surface area (Å²) in [5.41, 5.74) is 2.58. The molecule has 1 heterocycles. The minimum Gasteiger partial charge on any atom is -0.309 e. The van der Waals surface area contributed by atoms with E-state index in [1.807, 2.05) is 30.2 Å². The van der Waals surface area contributed by atoms with Gasteiger partial charge in [0.15, 0.2) is 0 Å². The normalized spacial score (nSPS) is 12.3.